The van der Waals surface area contributed by atoms with Crippen molar-refractivity contribution in [2.75, 3.05) is 25.5 Å². The van der Waals surface area contributed by atoms with E-state index in [4.69, 9.17) is 10.5 Å². The molecule has 29 heavy (non-hydrogen) atoms. The number of aromatic nitrogens is 2. The molecule has 0 spiro atoms. The third-order valence-electron chi connectivity index (χ3n) is 5.01. The van der Waals surface area contributed by atoms with Crippen molar-refractivity contribution in [1.82, 2.24) is 14.9 Å². The summed E-state index contributed by atoms with van der Waals surface area (Å²) < 4.78 is 20.3. The summed E-state index contributed by atoms with van der Waals surface area (Å²) in [7, 11) is 0. The second kappa shape index (κ2) is 7.97. The number of nitrogen functional groups attached to an aromatic ring is 1. The molecule has 0 aliphatic carbocycles. The lowest BCUT2D eigenvalue weighted by Gasteiger charge is -2.33. The summed E-state index contributed by atoms with van der Waals surface area (Å²) in [6.45, 7) is 3.53. The molecule has 2 N–H and O–H groups in total. The summed E-state index contributed by atoms with van der Waals surface area (Å²) in [4.78, 5) is 23.0. The molecule has 0 saturated carbocycles. The van der Waals surface area contributed by atoms with Gasteiger partial charge in [-0.2, -0.15) is 0 Å². The molecule has 1 atom stereocenters. The summed E-state index contributed by atoms with van der Waals surface area (Å²) >= 11 is 0. The molecule has 1 aliphatic rings. The Bertz CT molecular complexity index is 1040. The first-order valence-electron chi connectivity index (χ1n) is 9.40. The highest BCUT2D eigenvalue weighted by Crippen LogP contribution is 2.30. The van der Waals surface area contributed by atoms with Gasteiger partial charge in [0.25, 0.3) is 5.91 Å². The monoisotopic (exact) mass is 392 g/mol. The van der Waals surface area contributed by atoms with Crippen LogP contribution in [0.4, 0.5) is 10.2 Å². The van der Waals surface area contributed by atoms with Crippen molar-refractivity contribution in [2.45, 2.75) is 13.0 Å². The standard InChI is InChI=1S/C22H21FN4O2/c1-14-13-29-9-8-27(14)22(28)17-5-3-2-4-16(17)15-6-7-18(19(23)10-15)20-11-26-21(24)12-25-20/h2-7,10-12,14H,8-9,13H2,1H3,(H2,24,26). The number of anilines is 1. The summed E-state index contributed by atoms with van der Waals surface area (Å²) in [6.07, 6.45) is 2.82. The zero-order valence-electron chi connectivity index (χ0n) is 16.0. The normalized spacial score (nSPS) is 16.6. The van der Waals surface area contributed by atoms with E-state index in [0.29, 0.717) is 47.7 Å². The molecular formula is C22H21FN4O2. The number of amides is 1. The highest BCUT2D eigenvalue weighted by Gasteiger charge is 2.26. The lowest BCUT2D eigenvalue weighted by molar-refractivity contribution is 0.00364. The van der Waals surface area contributed by atoms with Crippen molar-refractivity contribution in [2.24, 2.45) is 0 Å². The van der Waals surface area contributed by atoms with Gasteiger partial charge in [-0.3, -0.25) is 9.78 Å². The molecule has 7 heteroatoms. The number of ether oxygens (including phenoxy) is 1. The van der Waals surface area contributed by atoms with Crippen molar-refractivity contribution in [3.05, 3.63) is 66.2 Å². The zero-order valence-corrected chi connectivity index (χ0v) is 16.0. The van der Waals surface area contributed by atoms with Crippen molar-refractivity contribution in [3.63, 3.8) is 0 Å². The predicted octanol–water partition coefficient (Wildman–Crippen LogP) is 3.39. The van der Waals surface area contributed by atoms with E-state index in [-0.39, 0.29) is 17.8 Å². The third kappa shape index (κ3) is 3.82. The lowest BCUT2D eigenvalue weighted by Crippen LogP contribution is -2.47. The van der Waals surface area contributed by atoms with Crippen molar-refractivity contribution in [1.29, 1.82) is 0 Å². The molecule has 1 aromatic heterocycles. The van der Waals surface area contributed by atoms with Crippen molar-refractivity contribution < 1.29 is 13.9 Å². The molecule has 0 bridgehead atoms. The minimum Gasteiger partial charge on any atom is -0.382 e. The van der Waals surface area contributed by atoms with Crippen LogP contribution in [0.5, 0.6) is 0 Å². The predicted molar refractivity (Wildman–Crippen MR) is 109 cm³/mol. The van der Waals surface area contributed by atoms with Crippen molar-refractivity contribution >= 4 is 11.7 Å². The average Bonchev–Trinajstić information content (AvgIpc) is 2.74. The maximum absolute atomic E-state index is 14.9. The first-order chi connectivity index (χ1) is 14.0. The first-order valence-corrected chi connectivity index (χ1v) is 9.40. The molecule has 1 aliphatic heterocycles. The molecule has 1 fully saturated rings. The number of benzene rings is 2. The van der Waals surface area contributed by atoms with E-state index in [9.17, 15) is 9.18 Å². The Morgan fingerprint density at radius 1 is 1.17 bits per heavy atom. The molecule has 148 valence electrons. The minimum absolute atomic E-state index is 0.00694. The van der Waals surface area contributed by atoms with Gasteiger partial charge in [0.2, 0.25) is 0 Å². The maximum atomic E-state index is 14.9. The van der Waals surface area contributed by atoms with E-state index in [1.54, 1.807) is 23.1 Å². The number of rotatable bonds is 3. The number of hydrogen-bond acceptors (Lipinski definition) is 5. The van der Waals surface area contributed by atoms with Crippen LogP contribution in [0.3, 0.4) is 0 Å². The van der Waals surface area contributed by atoms with E-state index in [2.05, 4.69) is 9.97 Å². The maximum Gasteiger partial charge on any atom is 0.254 e. The van der Waals surface area contributed by atoms with Gasteiger partial charge < -0.3 is 15.4 Å². The SMILES string of the molecule is CC1COCCN1C(=O)c1ccccc1-c1ccc(-c2cnc(N)cn2)c(F)c1. The Balaban J connectivity index is 1.70. The van der Waals surface area contributed by atoms with Crippen LogP contribution in [0, 0.1) is 5.82 Å². The summed E-state index contributed by atoms with van der Waals surface area (Å²) in [5.41, 5.74) is 8.12. The van der Waals surface area contributed by atoms with Crippen LogP contribution in [-0.4, -0.2) is 46.6 Å². The first kappa shape index (κ1) is 19.0. The van der Waals surface area contributed by atoms with Gasteiger partial charge in [-0.05, 0) is 36.2 Å². The molecule has 2 aromatic carbocycles. The number of hydrogen-bond donors (Lipinski definition) is 1. The smallest absolute Gasteiger partial charge is 0.254 e. The van der Waals surface area contributed by atoms with Crippen LogP contribution in [0.25, 0.3) is 22.4 Å². The van der Waals surface area contributed by atoms with Crippen LogP contribution in [0.2, 0.25) is 0 Å². The topological polar surface area (TPSA) is 81.3 Å². The zero-order chi connectivity index (χ0) is 20.4. The van der Waals surface area contributed by atoms with Gasteiger partial charge >= 0.3 is 0 Å². The Morgan fingerprint density at radius 2 is 2.00 bits per heavy atom. The number of nitrogens with zero attached hydrogens (tertiary/aromatic N) is 3. The number of carbonyl (C=O) groups excluding carboxylic acids is 1. The minimum atomic E-state index is -0.441. The number of carbonyl (C=O) groups is 1. The van der Waals surface area contributed by atoms with Gasteiger partial charge in [0.1, 0.15) is 11.6 Å². The Labute approximate surface area is 168 Å². The van der Waals surface area contributed by atoms with E-state index >= 15 is 0 Å². The van der Waals surface area contributed by atoms with Crippen LogP contribution in [0.15, 0.2) is 54.9 Å². The Hall–Kier alpha value is -3.32. The second-order valence-electron chi connectivity index (χ2n) is 6.99. The van der Waals surface area contributed by atoms with Crippen LogP contribution in [0.1, 0.15) is 17.3 Å². The van der Waals surface area contributed by atoms with Crippen LogP contribution < -0.4 is 5.73 Å². The molecule has 6 nitrogen and oxygen atoms in total. The quantitative estimate of drug-likeness (QED) is 0.739. The molecule has 1 amide bonds. The van der Waals surface area contributed by atoms with Crippen LogP contribution >= 0.6 is 0 Å². The molecular weight excluding hydrogens is 371 g/mol. The average molecular weight is 392 g/mol. The highest BCUT2D eigenvalue weighted by molar-refractivity contribution is 6.01. The summed E-state index contributed by atoms with van der Waals surface area (Å²) in [5, 5.41) is 0. The fourth-order valence-electron chi connectivity index (χ4n) is 3.47. The molecule has 1 unspecified atom stereocenters. The van der Waals surface area contributed by atoms with E-state index < -0.39 is 5.82 Å². The lowest BCUT2D eigenvalue weighted by atomic mass is 9.96. The van der Waals surface area contributed by atoms with E-state index in [1.165, 1.54) is 18.5 Å². The number of morpholine rings is 1. The Kier molecular flexibility index (Phi) is 5.22. The van der Waals surface area contributed by atoms with Crippen molar-refractivity contribution in [3.8, 4) is 22.4 Å². The fourth-order valence-corrected chi connectivity index (χ4v) is 3.47. The van der Waals surface area contributed by atoms with Gasteiger partial charge in [-0.1, -0.05) is 24.3 Å². The van der Waals surface area contributed by atoms with E-state index in [0.717, 1.165) is 0 Å². The van der Waals surface area contributed by atoms with E-state index in [1.807, 2.05) is 25.1 Å². The highest BCUT2D eigenvalue weighted by atomic mass is 19.1. The van der Waals surface area contributed by atoms with Gasteiger partial charge in [0, 0.05) is 17.7 Å². The molecule has 4 rings (SSSR count). The van der Waals surface area contributed by atoms with Gasteiger partial charge in [-0.15, -0.1) is 0 Å². The number of nitrogens with two attached hydrogens (primary N) is 1. The Morgan fingerprint density at radius 3 is 2.72 bits per heavy atom. The molecule has 1 saturated heterocycles. The van der Waals surface area contributed by atoms with Gasteiger partial charge in [0.05, 0.1) is 37.3 Å². The van der Waals surface area contributed by atoms with Gasteiger partial charge in [0.15, 0.2) is 0 Å². The summed E-state index contributed by atoms with van der Waals surface area (Å²) in [5.74, 6) is -0.246. The fraction of sp³-hybridized carbons (Fsp3) is 0.227. The largest absolute Gasteiger partial charge is 0.382 e. The van der Waals surface area contributed by atoms with Crippen LogP contribution in [-0.2, 0) is 4.74 Å². The van der Waals surface area contributed by atoms with Gasteiger partial charge in [-0.25, -0.2) is 9.37 Å². The second-order valence-corrected chi connectivity index (χ2v) is 6.99. The third-order valence-corrected chi connectivity index (χ3v) is 5.01. The summed E-state index contributed by atoms with van der Waals surface area (Å²) in [6, 6.07) is 12.1. The molecule has 3 aromatic rings. The number of halogens is 1. The molecule has 0 radical (unpaired) electrons. The molecule has 2 heterocycles.